The molecule has 0 bridgehead atoms. The van der Waals surface area contributed by atoms with Crippen molar-refractivity contribution in [2.24, 2.45) is 4.99 Å². The van der Waals surface area contributed by atoms with Crippen LogP contribution < -0.4 is 21.0 Å². The zero-order chi connectivity index (χ0) is 25.6. The van der Waals surface area contributed by atoms with Crippen LogP contribution in [0.5, 0.6) is 0 Å². The highest BCUT2D eigenvalue weighted by Gasteiger charge is 2.11. The summed E-state index contributed by atoms with van der Waals surface area (Å²) in [6.07, 6.45) is 7.12. The predicted octanol–water partition coefficient (Wildman–Crippen LogP) is 5.40. The van der Waals surface area contributed by atoms with Crippen LogP contribution in [0.4, 0.5) is 11.4 Å². The van der Waals surface area contributed by atoms with Gasteiger partial charge in [0.25, 0.3) is 0 Å². The number of hydrogen-bond acceptors (Lipinski definition) is 6. The Bertz CT molecular complexity index is 1550. The molecule has 3 aromatic carbocycles. The maximum Gasteiger partial charge on any atom is 0.195 e. The van der Waals surface area contributed by atoms with Gasteiger partial charge in [0.2, 0.25) is 0 Å². The summed E-state index contributed by atoms with van der Waals surface area (Å²) in [6.45, 7) is 10.2. The van der Waals surface area contributed by atoms with E-state index in [0.717, 1.165) is 54.1 Å². The van der Waals surface area contributed by atoms with E-state index in [4.69, 9.17) is 0 Å². The number of aliphatic imine (C=N–C) groups is 1. The minimum absolute atomic E-state index is 0.0265. The van der Waals surface area contributed by atoms with Gasteiger partial charge < -0.3 is 15.5 Å². The summed E-state index contributed by atoms with van der Waals surface area (Å²) < 4.78 is 0. The monoisotopic (exact) mass is 489 g/mol. The summed E-state index contributed by atoms with van der Waals surface area (Å²) in [5.74, 6) is 0. The summed E-state index contributed by atoms with van der Waals surface area (Å²) in [4.78, 5) is 25.1. The van der Waals surface area contributed by atoms with E-state index in [0.29, 0.717) is 22.8 Å². The first-order valence-corrected chi connectivity index (χ1v) is 12.6. The van der Waals surface area contributed by atoms with Gasteiger partial charge in [-0.1, -0.05) is 43.0 Å². The van der Waals surface area contributed by atoms with Gasteiger partial charge in [-0.25, -0.2) is 0 Å². The van der Waals surface area contributed by atoms with Crippen LogP contribution in [0, 0.1) is 0 Å². The van der Waals surface area contributed by atoms with Gasteiger partial charge in [-0.15, -0.1) is 0 Å². The zero-order valence-corrected chi connectivity index (χ0v) is 21.1. The first kappa shape index (κ1) is 24.4. The second kappa shape index (κ2) is 11.2. The molecule has 2 N–H and O–H groups in total. The van der Waals surface area contributed by atoms with Crippen LogP contribution in [0.1, 0.15) is 6.92 Å². The largest absolute Gasteiger partial charge is 0.379 e. The van der Waals surface area contributed by atoms with E-state index in [2.05, 4.69) is 56.4 Å². The molecule has 0 spiro atoms. The minimum Gasteiger partial charge on any atom is -0.379 e. The third-order valence-electron chi connectivity index (χ3n) is 6.72. The summed E-state index contributed by atoms with van der Waals surface area (Å²) >= 11 is 0. The number of benzene rings is 2. The number of hydrogen-bond donors (Lipinski definition) is 2. The van der Waals surface area contributed by atoms with E-state index >= 15 is 0 Å². The topological polar surface area (TPSA) is 69.6 Å². The van der Waals surface area contributed by atoms with Crippen molar-refractivity contribution in [1.82, 2.24) is 10.3 Å². The van der Waals surface area contributed by atoms with Crippen LogP contribution in [0.15, 0.2) is 101 Å². The van der Waals surface area contributed by atoms with E-state index in [1.54, 1.807) is 12.3 Å². The molecule has 0 atom stereocenters. The molecule has 0 unspecified atom stereocenters. The molecule has 4 aromatic rings. The summed E-state index contributed by atoms with van der Waals surface area (Å²) in [7, 11) is 0. The summed E-state index contributed by atoms with van der Waals surface area (Å²) in [5, 5.41) is 8.91. The Morgan fingerprint density at radius 1 is 1.05 bits per heavy atom. The molecule has 0 aliphatic carbocycles. The third kappa shape index (κ3) is 5.44. The molecule has 6 heteroatoms. The molecule has 1 aliphatic heterocycles. The van der Waals surface area contributed by atoms with Gasteiger partial charge in [0, 0.05) is 66.3 Å². The molecule has 1 aromatic heterocycles. The van der Waals surface area contributed by atoms with E-state index in [9.17, 15) is 4.79 Å². The number of aromatic nitrogens is 1. The third-order valence-corrected chi connectivity index (χ3v) is 6.72. The lowest BCUT2D eigenvalue weighted by Gasteiger charge is -2.29. The molecular formula is C31H31N5O. The van der Waals surface area contributed by atoms with Crippen LogP contribution in [-0.2, 0) is 0 Å². The summed E-state index contributed by atoms with van der Waals surface area (Å²) in [5.41, 5.74) is 5.62. The molecule has 6 nitrogen and oxygen atoms in total. The number of rotatable bonds is 7. The average molecular weight is 490 g/mol. The van der Waals surface area contributed by atoms with Crippen molar-refractivity contribution in [2.45, 2.75) is 6.92 Å². The van der Waals surface area contributed by atoms with E-state index < -0.39 is 0 Å². The van der Waals surface area contributed by atoms with Crippen molar-refractivity contribution in [2.75, 3.05) is 42.9 Å². The number of anilines is 2. The van der Waals surface area contributed by atoms with E-state index in [1.165, 1.54) is 5.69 Å². The highest BCUT2D eigenvalue weighted by Crippen LogP contribution is 2.26. The quantitative estimate of drug-likeness (QED) is 0.340. The lowest BCUT2D eigenvalue weighted by atomic mass is 10.0. The molecule has 37 heavy (non-hydrogen) atoms. The maximum absolute atomic E-state index is 13.7. The molecular weight excluding hydrogens is 458 g/mol. The van der Waals surface area contributed by atoms with Crippen molar-refractivity contribution in [1.29, 1.82) is 0 Å². The Labute approximate surface area is 217 Å². The van der Waals surface area contributed by atoms with Crippen LogP contribution in [0.25, 0.3) is 32.8 Å². The first-order valence-electron chi connectivity index (χ1n) is 12.6. The van der Waals surface area contributed by atoms with Gasteiger partial charge >= 0.3 is 0 Å². The SMILES string of the molecule is C=CC=N/C(=C/C)CNc1ccc2ccc3ncc(-c4ccc(N5CCNCC5)cc4)cc3c(=O)c2c1. The summed E-state index contributed by atoms with van der Waals surface area (Å²) in [6, 6.07) is 20.2. The number of pyridine rings is 1. The lowest BCUT2D eigenvalue weighted by Crippen LogP contribution is -2.43. The van der Waals surface area contributed by atoms with Gasteiger partial charge in [-0.05, 0) is 54.3 Å². The highest BCUT2D eigenvalue weighted by atomic mass is 16.1. The van der Waals surface area contributed by atoms with Crippen molar-refractivity contribution >= 4 is 39.3 Å². The second-order valence-corrected chi connectivity index (χ2v) is 9.05. The van der Waals surface area contributed by atoms with Crippen LogP contribution >= 0.6 is 0 Å². The zero-order valence-electron chi connectivity index (χ0n) is 21.1. The molecule has 1 saturated heterocycles. The molecule has 186 valence electrons. The number of allylic oxidation sites excluding steroid dienone is 2. The Hall–Kier alpha value is -4.29. The maximum atomic E-state index is 13.7. The van der Waals surface area contributed by atoms with Crippen LogP contribution in [0.3, 0.4) is 0 Å². The Balaban J connectivity index is 1.48. The lowest BCUT2D eigenvalue weighted by molar-refractivity contribution is 0.589. The molecule has 1 fully saturated rings. The van der Waals surface area contributed by atoms with Gasteiger partial charge in [-0.2, -0.15) is 0 Å². The molecule has 5 rings (SSSR count). The number of nitrogens with zero attached hydrogens (tertiary/aromatic N) is 3. The van der Waals surface area contributed by atoms with Crippen molar-refractivity contribution in [3.63, 3.8) is 0 Å². The number of fused-ring (bicyclic) bond motifs is 2. The smallest absolute Gasteiger partial charge is 0.195 e. The Kier molecular flexibility index (Phi) is 7.38. The van der Waals surface area contributed by atoms with Crippen LogP contribution in [-0.4, -0.2) is 43.9 Å². The molecule has 2 heterocycles. The Morgan fingerprint density at radius 3 is 2.59 bits per heavy atom. The van der Waals surface area contributed by atoms with E-state index in [1.807, 2.05) is 55.6 Å². The normalized spacial score (nSPS) is 14.4. The average Bonchev–Trinajstić information content (AvgIpc) is 3.09. The fraction of sp³-hybridized carbons (Fsp3) is 0.194. The molecule has 0 radical (unpaired) electrons. The second-order valence-electron chi connectivity index (χ2n) is 9.05. The predicted molar refractivity (Wildman–Crippen MR) is 157 cm³/mol. The molecule has 0 saturated carbocycles. The highest BCUT2D eigenvalue weighted by molar-refractivity contribution is 5.94. The molecule has 1 aliphatic rings. The fourth-order valence-corrected chi connectivity index (χ4v) is 4.62. The van der Waals surface area contributed by atoms with Crippen LogP contribution in [0.2, 0.25) is 0 Å². The molecule has 0 amide bonds. The van der Waals surface area contributed by atoms with Gasteiger partial charge in [0.1, 0.15) is 0 Å². The number of piperazine rings is 1. The minimum atomic E-state index is -0.0265. The standard InChI is InChI=1S/C31H31N5O/c1-3-13-33-25(4-2)21-34-26-9-5-23-8-12-30-29(31(37)28(23)19-26)18-24(20-35-30)22-6-10-27(11-7-22)36-16-14-32-15-17-36/h3-13,18-20,32,34H,1,14-17,21H2,2H3/b25-4+,33-13?. The first-order chi connectivity index (χ1) is 18.2. The van der Waals surface area contributed by atoms with Gasteiger partial charge in [0.05, 0.1) is 17.8 Å². The van der Waals surface area contributed by atoms with E-state index in [-0.39, 0.29) is 5.43 Å². The van der Waals surface area contributed by atoms with Crippen molar-refractivity contribution < 1.29 is 0 Å². The number of nitrogens with one attached hydrogen (secondary N) is 2. The van der Waals surface area contributed by atoms with Crippen molar-refractivity contribution in [3.05, 3.63) is 102 Å². The van der Waals surface area contributed by atoms with Gasteiger partial charge in [0.15, 0.2) is 5.43 Å². The fourth-order valence-electron chi connectivity index (χ4n) is 4.62. The van der Waals surface area contributed by atoms with Gasteiger partial charge in [-0.3, -0.25) is 14.8 Å². The van der Waals surface area contributed by atoms with Crippen molar-refractivity contribution in [3.8, 4) is 11.1 Å². The Morgan fingerprint density at radius 2 is 1.84 bits per heavy atom.